The molecular weight excluding hydrogens is 260 g/mol. The van der Waals surface area contributed by atoms with Crippen LogP contribution in [0.1, 0.15) is 33.6 Å². The van der Waals surface area contributed by atoms with Crippen LogP contribution < -0.4 is 0 Å². The summed E-state index contributed by atoms with van der Waals surface area (Å²) in [4.78, 5) is 21.6. The zero-order valence-corrected chi connectivity index (χ0v) is 13.9. The molecule has 110 valence electrons. The zero-order valence-electron chi connectivity index (χ0n) is 12.9. The van der Waals surface area contributed by atoms with Gasteiger partial charge < -0.3 is 9.16 Å². The second-order valence-corrected chi connectivity index (χ2v) is 10.8. The topological polar surface area (TPSA) is 52.6 Å². The predicted molar refractivity (Wildman–Crippen MR) is 78.5 cm³/mol. The molecule has 1 atom stereocenters. The Balaban J connectivity index is 4.72. The molecule has 5 heteroatoms. The Morgan fingerprint density at radius 3 is 2.32 bits per heavy atom. The number of esters is 1. The Labute approximate surface area is 117 Å². The molecule has 0 aromatic rings. The number of hydrogen-bond acceptors (Lipinski definition) is 4. The van der Waals surface area contributed by atoms with Gasteiger partial charge in [0.1, 0.15) is 6.29 Å². The summed E-state index contributed by atoms with van der Waals surface area (Å²) in [6.45, 7) is 10.7. The maximum atomic E-state index is 11.2. The SMILES string of the molecule is COC(=O)CCC(/C=C\C=O)O[Si](C)(C)C(C)(C)C. The van der Waals surface area contributed by atoms with E-state index in [-0.39, 0.29) is 17.1 Å². The molecule has 0 bridgehead atoms. The second kappa shape index (κ2) is 7.60. The Morgan fingerprint density at radius 1 is 1.32 bits per heavy atom. The molecule has 0 aliphatic carbocycles. The lowest BCUT2D eigenvalue weighted by Crippen LogP contribution is -2.43. The number of hydrogen-bond donors (Lipinski definition) is 0. The van der Waals surface area contributed by atoms with Crippen molar-refractivity contribution in [2.45, 2.75) is 57.8 Å². The highest BCUT2D eigenvalue weighted by atomic mass is 28.4. The van der Waals surface area contributed by atoms with Gasteiger partial charge in [0.2, 0.25) is 0 Å². The molecule has 0 aliphatic heterocycles. The van der Waals surface area contributed by atoms with Crippen LogP contribution in [0, 0.1) is 0 Å². The van der Waals surface area contributed by atoms with Crippen LogP contribution in [0.2, 0.25) is 18.1 Å². The minimum atomic E-state index is -1.92. The molecule has 0 rings (SSSR count). The zero-order chi connectivity index (χ0) is 15.1. The van der Waals surface area contributed by atoms with Gasteiger partial charge in [0.05, 0.1) is 13.2 Å². The van der Waals surface area contributed by atoms with Gasteiger partial charge in [0.15, 0.2) is 8.32 Å². The van der Waals surface area contributed by atoms with E-state index in [4.69, 9.17) is 4.43 Å². The summed E-state index contributed by atoms with van der Waals surface area (Å²) in [6, 6.07) is 0. The number of allylic oxidation sites excluding steroid dienone is 1. The molecule has 0 N–H and O–H groups in total. The first kappa shape index (κ1) is 18.1. The molecule has 0 aromatic heterocycles. The van der Waals surface area contributed by atoms with Crippen molar-refractivity contribution in [2.75, 3.05) is 7.11 Å². The second-order valence-electron chi connectivity index (χ2n) is 6.05. The van der Waals surface area contributed by atoms with Crippen LogP contribution in [-0.4, -0.2) is 33.8 Å². The molecule has 0 spiro atoms. The maximum Gasteiger partial charge on any atom is 0.305 e. The number of carbonyl (C=O) groups is 2. The van der Waals surface area contributed by atoms with E-state index >= 15 is 0 Å². The van der Waals surface area contributed by atoms with E-state index in [0.717, 1.165) is 6.29 Å². The van der Waals surface area contributed by atoms with E-state index in [1.807, 2.05) is 0 Å². The average molecular weight is 286 g/mol. The number of methoxy groups -OCH3 is 1. The normalized spacial score (nSPS) is 14.4. The van der Waals surface area contributed by atoms with E-state index in [0.29, 0.717) is 12.8 Å². The lowest BCUT2D eigenvalue weighted by atomic mass is 10.2. The highest BCUT2D eigenvalue weighted by molar-refractivity contribution is 6.74. The van der Waals surface area contributed by atoms with E-state index < -0.39 is 8.32 Å². The summed E-state index contributed by atoms with van der Waals surface area (Å²) in [7, 11) is -0.551. The Morgan fingerprint density at radius 2 is 1.89 bits per heavy atom. The first-order valence-electron chi connectivity index (χ1n) is 6.50. The monoisotopic (exact) mass is 286 g/mol. The van der Waals surface area contributed by atoms with Gasteiger partial charge in [-0.1, -0.05) is 26.8 Å². The van der Waals surface area contributed by atoms with E-state index in [1.165, 1.54) is 13.2 Å². The molecule has 0 aromatic carbocycles. The van der Waals surface area contributed by atoms with Crippen molar-refractivity contribution >= 4 is 20.6 Å². The minimum absolute atomic E-state index is 0.0888. The van der Waals surface area contributed by atoms with Crippen molar-refractivity contribution in [3.05, 3.63) is 12.2 Å². The summed E-state index contributed by atoms with van der Waals surface area (Å²) in [6.07, 6.45) is 4.47. The largest absolute Gasteiger partial charge is 0.469 e. The molecule has 0 aliphatic rings. The molecule has 0 saturated heterocycles. The van der Waals surface area contributed by atoms with Gasteiger partial charge in [0, 0.05) is 6.42 Å². The fraction of sp³-hybridized carbons (Fsp3) is 0.714. The summed E-state index contributed by atoms with van der Waals surface area (Å²) >= 11 is 0. The lowest BCUT2D eigenvalue weighted by molar-refractivity contribution is -0.141. The van der Waals surface area contributed by atoms with Gasteiger partial charge >= 0.3 is 5.97 Å². The molecule has 1 unspecified atom stereocenters. The summed E-state index contributed by atoms with van der Waals surface area (Å²) < 4.78 is 10.8. The third-order valence-electron chi connectivity index (χ3n) is 3.52. The highest BCUT2D eigenvalue weighted by Crippen LogP contribution is 2.37. The molecule has 0 amide bonds. The fourth-order valence-corrected chi connectivity index (χ4v) is 2.59. The van der Waals surface area contributed by atoms with Crippen molar-refractivity contribution in [1.82, 2.24) is 0 Å². The Kier molecular flexibility index (Phi) is 7.22. The maximum absolute atomic E-state index is 11.2. The van der Waals surface area contributed by atoms with Gasteiger partial charge in [-0.05, 0) is 30.6 Å². The molecular formula is C14H26O4Si. The van der Waals surface area contributed by atoms with Crippen LogP contribution in [0.4, 0.5) is 0 Å². The molecule has 0 fully saturated rings. The van der Waals surface area contributed by atoms with Crippen molar-refractivity contribution in [1.29, 1.82) is 0 Å². The Bertz CT molecular complexity index is 329. The molecule has 4 nitrogen and oxygen atoms in total. The highest BCUT2D eigenvalue weighted by Gasteiger charge is 2.38. The van der Waals surface area contributed by atoms with Gasteiger partial charge in [0.25, 0.3) is 0 Å². The Hall–Kier alpha value is -0.943. The summed E-state index contributed by atoms with van der Waals surface area (Å²) in [5.74, 6) is -0.261. The number of rotatable bonds is 7. The van der Waals surface area contributed by atoms with Crippen molar-refractivity contribution < 1.29 is 18.8 Å². The van der Waals surface area contributed by atoms with Crippen LogP contribution in [0.5, 0.6) is 0 Å². The van der Waals surface area contributed by atoms with Gasteiger partial charge in [-0.25, -0.2) is 0 Å². The van der Waals surface area contributed by atoms with Gasteiger partial charge in [-0.2, -0.15) is 0 Å². The first-order valence-corrected chi connectivity index (χ1v) is 9.41. The van der Waals surface area contributed by atoms with Crippen LogP contribution in [0.25, 0.3) is 0 Å². The predicted octanol–water partition coefficient (Wildman–Crippen LogP) is 3.09. The van der Waals surface area contributed by atoms with Crippen LogP contribution in [0.3, 0.4) is 0 Å². The average Bonchev–Trinajstić information content (AvgIpc) is 2.30. The van der Waals surface area contributed by atoms with Crippen LogP contribution in [-0.2, 0) is 18.8 Å². The third-order valence-corrected chi connectivity index (χ3v) is 8.02. The minimum Gasteiger partial charge on any atom is -0.469 e. The molecule has 0 saturated carbocycles. The van der Waals surface area contributed by atoms with Crippen LogP contribution >= 0.6 is 0 Å². The molecule has 0 heterocycles. The lowest BCUT2D eigenvalue weighted by Gasteiger charge is -2.38. The van der Waals surface area contributed by atoms with Gasteiger partial charge in [-0.15, -0.1) is 0 Å². The third kappa shape index (κ3) is 6.68. The fourth-order valence-electron chi connectivity index (χ4n) is 1.28. The van der Waals surface area contributed by atoms with Crippen molar-refractivity contribution in [2.24, 2.45) is 0 Å². The number of aldehydes is 1. The smallest absolute Gasteiger partial charge is 0.305 e. The van der Waals surface area contributed by atoms with Crippen molar-refractivity contribution in [3.63, 3.8) is 0 Å². The van der Waals surface area contributed by atoms with E-state index in [1.54, 1.807) is 6.08 Å². The number of ether oxygens (including phenoxy) is 1. The molecule has 19 heavy (non-hydrogen) atoms. The summed E-state index contributed by atoms with van der Waals surface area (Å²) in [5, 5.41) is 0.0888. The summed E-state index contributed by atoms with van der Waals surface area (Å²) in [5.41, 5.74) is 0. The van der Waals surface area contributed by atoms with Crippen molar-refractivity contribution in [3.8, 4) is 0 Å². The van der Waals surface area contributed by atoms with Gasteiger partial charge in [-0.3, -0.25) is 9.59 Å². The first-order chi connectivity index (χ1) is 8.64. The van der Waals surface area contributed by atoms with E-state index in [2.05, 4.69) is 38.6 Å². The van der Waals surface area contributed by atoms with E-state index in [9.17, 15) is 9.59 Å². The number of carbonyl (C=O) groups excluding carboxylic acids is 2. The molecule has 0 radical (unpaired) electrons. The van der Waals surface area contributed by atoms with Crippen LogP contribution in [0.15, 0.2) is 12.2 Å². The standard InChI is InChI=1S/C14H26O4Si/c1-14(2,3)19(5,6)18-12(8-7-11-15)9-10-13(16)17-4/h7-8,11-12H,9-10H2,1-6H3/b8-7-. The quantitative estimate of drug-likeness (QED) is 0.312.